The van der Waals surface area contributed by atoms with Gasteiger partial charge in [0.25, 0.3) is 0 Å². The third-order valence-corrected chi connectivity index (χ3v) is 2.99. The van der Waals surface area contributed by atoms with Crippen LogP contribution in [0.15, 0.2) is 18.2 Å². The summed E-state index contributed by atoms with van der Waals surface area (Å²) in [5.74, 6) is 1.02. The third-order valence-electron chi connectivity index (χ3n) is 2.99. The van der Waals surface area contributed by atoms with E-state index in [0.29, 0.717) is 0 Å². The maximum Gasteiger partial charge on any atom is 0.123 e. The van der Waals surface area contributed by atoms with Crippen molar-refractivity contribution in [3.05, 3.63) is 29.3 Å². The van der Waals surface area contributed by atoms with E-state index in [1.54, 1.807) is 0 Å². The molecule has 2 N–H and O–H groups in total. The number of halogens is 1. The molecule has 2 rings (SSSR count). The molecule has 0 spiro atoms. The Labute approximate surface area is 104 Å². The molecule has 0 amide bonds. The fraction of sp³-hybridized carbons (Fsp3) is 0.538. The summed E-state index contributed by atoms with van der Waals surface area (Å²) in [6.45, 7) is 6.28. The maximum atomic E-state index is 5.91. The van der Waals surface area contributed by atoms with Gasteiger partial charge in [-0.15, -0.1) is 12.4 Å². The topological polar surface area (TPSA) is 35.2 Å². The highest BCUT2D eigenvalue weighted by molar-refractivity contribution is 5.85. The lowest BCUT2D eigenvalue weighted by Gasteiger charge is -2.32. The monoisotopic (exact) mass is 241 g/mol. The minimum atomic E-state index is -0.0250. The van der Waals surface area contributed by atoms with E-state index in [1.807, 2.05) is 6.92 Å². The van der Waals surface area contributed by atoms with Crippen molar-refractivity contribution in [3.8, 4) is 5.75 Å². The van der Waals surface area contributed by atoms with E-state index in [9.17, 15) is 0 Å². The van der Waals surface area contributed by atoms with Crippen molar-refractivity contribution in [3.63, 3.8) is 0 Å². The van der Waals surface area contributed by atoms with E-state index in [4.69, 9.17) is 10.5 Å². The van der Waals surface area contributed by atoms with Crippen LogP contribution in [0, 0.1) is 0 Å². The predicted molar refractivity (Wildman–Crippen MR) is 69.3 cm³/mol. The molecule has 0 saturated carbocycles. The Hall–Kier alpha value is -0.730. The van der Waals surface area contributed by atoms with Crippen LogP contribution in [0.25, 0.3) is 0 Å². The number of ether oxygens (including phenoxy) is 1. The first kappa shape index (κ1) is 13.3. The summed E-state index contributed by atoms with van der Waals surface area (Å²) < 4.78 is 5.91. The van der Waals surface area contributed by atoms with Crippen molar-refractivity contribution < 1.29 is 4.74 Å². The number of hydrogen-bond donors (Lipinski definition) is 1. The van der Waals surface area contributed by atoms with Crippen LogP contribution in [0.1, 0.15) is 44.4 Å². The van der Waals surface area contributed by atoms with E-state index in [-0.39, 0.29) is 24.0 Å². The number of hydrogen-bond acceptors (Lipinski definition) is 2. The molecule has 90 valence electrons. The molecule has 1 atom stereocenters. The number of rotatable bonds is 1. The van der Waals surface area contributed by atoms with Gasteiger partial charge in [0.1, 0.15) is 11.4 Å². The Morgan fingerprint density at radius 2 is 2.06 bits per heavy atom. The van der Waals surface area contributed by atoms with E-state index >= 15 is 0 Å². The Morgan fingerprint density at radius 3 is 2.69 bits per heavy atom. The average Bonchev–Trinajstić information content (AvgIpc) is 2.15. The van der Waals surface area contributed by atoms with Gasteiger partial charge in [0.15, 0.2) is 0 Å². The van der Waals surface area contributed by atoms with Crippen molar-refractivity contribution in [2.24, 2.45) is 5.73 Å². The quantitative estimate of drug-likeness (QED) is 0.819. The molecule has 0 aliphatic carbocycles. The number of aryl methyl sites for hydroxylation is 1. The van der Waals surface area contributed by atoms with Gasteiger partial charge < -0.3 is 10.5 Å². The van der Waals surface area contributed by atoms with Crippen molar-refractivity contribution in [1.29, 1.82) is 0 Å². The zero-order valence-electron chi connectivity index (χ0n) is 10.1. The highest BCUT2D eigenvalue weighted by Gasteiger charge is 2.26. The maximum absolute atomic E-state index is 5.91. The van der Waals surface area contributed by atoms with Gasteiger partial charge in [0, 0.05) is 6.04 Å². The van der Waals surface area contributed by atoms with Crippen LogP contribution >= 0.6 is 12.4 Å². The Morgan fingerprint density at radius 1 is 1.38 bits per heavy atom. The summed E-state index contributed by atoms with van der Waals surface area (Å²) >= 11 is 0. The van der Waals surface area contributed by atoms with Gasteiger partial charge >= 0.3 is 0 Å². The van der Waals surface area contributed by atoms with Crippen molar-refractivity contribution in [1.82, 2.24) is 0 Å². The molecule has 1 aliphatic rings. The summed E-state index contributed by atoms with van der Waals surface area (Å²) in [7, 11) is 0. The van der Waals surface area contributed by atoms with Gasteiger partial charge in [0.2, 0.25) is 0 Å². The van der Waals surface area contributed by atoms with Crippen LogP contribution in [-0.2, 0) is 6.42 Å². The molecule has 0 saturated heterocycles. The van der Waals surface area contributed by atoms with Crippen LogP contribution < -0.4 is 10.5 Å². The van der Waals surface area contributed by atoms with E-state index < -0.39 is 0 Å². The molecule has 2 nitrogen and oxygen atoms in total. The molecule has 0 fully saturated rings. The van der Waals surface area contributed by atoms with Gasteiger partial charge in [-0.3, -0.25) is 0 Å². The lowest BCUT2D eigenvalue weighted by molar-refractivity contribution is 0.0846. The van der Waals surface area contributed by atoms with E-state index in [1.165, 1.54) is 11.1 Å². The Balaban J connectivity index is 0.00000128. The van der Waals surface area contributed by atoms with Gasteiger partial charge in [-0.05, 0) is 50.8 Å². The molecule has 1 aromatic rings. The van der Waals surface area contributed by atoms with E-state index in [2.05, 4.69) is 32.0 Å². The predicted octanol–water partition coefficient (Wildman–Crippen LogP) is 3.23. The summed E-state index contributed by atoms with van der Waals surface area (Å²) in [6.07, 6.45) is 2.16. The Bertz CT molecular complexity index is 374. The molecule has 0 unspecified atom stereocenters. The molecule has 1 aliphatic heterocycles. The number of nitrogens with two attached hydrogens (primary N) is 1. The van der Waals surface area contributed by atoms with Gasteiger partial charge in [-0.25, -0.2) is 0 Å². The zero-order chi connectivity index (χ0) is 11.1. The zero-order valence-corrected chi connectivity index (χ0v) is 10.9. The molecule has 0 aromatic heterocycles. The molecule has 16 heavy (non-hydrogen) atoms. The second kappa shape index (κ2) is 4.64. The summed E-state index contributed by atoms with van der Waals surface area (Å²) in [4.78, 5) is 0. The lowest BCUT2D eigenvalue weighted by atomic mass is 9.92. The van der Waals surface area contributed by atoms with Gasteiger partial charge in [-0.1, -0.05) is 12.1 Å². The van der Waals surface area contributed by atoms with E-state index in [0.717, 1.165) is 18.6 Å². The summed E-state index contributed by atoms with van der Waals surface area (Å²) in [6, 6.07) is 6.39. The molecular weight excluding hydrogens is 222 g/mol. The minimum absolute atomic E-state index is 0. The van der Waals surface area contributed by atoms with Crippen LogP contribution in [0.2, 0.25) is 0 Å². The summed E-state index contributed by atoms with van der Waals surface area (Å²) in [5, 5.41) is 0. The normalized spacial score (nSPS) is 19.0. The molecule has 0 radical (unpaired) electrons. The second-order valence-electron chi connectivity index (χ2n) is 5.02. The standard InChI is InChI=1S/C13H19NO.ClH/c1-9(14)10-4-5-12-11(8-10)6-7-13(2,3)15-12;/h4-5,8-9H,6-7,14H2,1-3H3;1H/t9-;/m1./s1. The van der Waals surface area contributed by atoms with Crippen LogP contribution in [0.5, 0.6) is 5.75 Å². The fourth-order valence-electron chi connectivity index (χ4n) is 1.96. The largest absolute Gasteiger partial charge is 0.488 e. The smallest absolute Gasteiger partial charge is 0.123 e. The van der Waals surface area contributed by atoms with Crippen LogP contribution in [0.3, 0.4) is 0 Å². The van der Waals surface area contributed by atoms with Gasteiger partial charge in [0.05, 0.1) is 0 Å². The third kappa shape index (κ3) is 2.69. The van der Waals surface area contributed by atoms with Gasteiger partial charge in [-0.2, -0.15) is 0 Å². The molecule has 1 heterocycles. The summed E-state index contributed by atoms with van der Waals surface area (Å²) in [5.41, 5.74) is 8.32. The highest BCUT2D eigenvalue weighted by atomic mass is 35.5. The van der Waals surface area contributed by atoms with Crippen molar-refractivity contribution >= 4 is 12.4 Å². The minimum Gasteiger partial charge on any atom is -0.488 e. The van der Waals surface area contributed by atoms with Crippen molar-refractivity contribution in [2.45, 2.75) is 45.3 Å². The molecule has 0 bridgehead atoms. The molecular formula is C13H20ClNO. The first-order valence-corrected chi connectivity index (χ1v) is 5.55. The second-order valence-corrected chi connectivity index (χ2v) is 5.02. The molecule has 1 aromatic carbocycles. The first-order valence-electron chi connectivity index (χ1n) is 5.55. The Kier molecular flexibility index (Phi) is 3.87. The first-order chi connectivity index (χ1) is 6.98. The SMILES string of the molecule is C[C@@H](N)c1ccc2c(c1)CCC(C)(C)O2.Cl. The lowest BCUT2D eigenvalue weighted by Crippen LogP contribution is -2.32. The highest BCUT2D eigenvalue weighted by Crippen LogP contribution is 2.34. The molecule has 3 heteroatoms. The average molecular weight is 242 g/mol. The number of benzene rings is 1. The fourth-order valence-corrected chi connectivity index (χ4v) is 1.96. The number of fused-ring (bicyclic) bond motifs is 1. The van der Waals surface area contributed by atoms with Crippen LogP contribution in [0.4, 0.5) is 0 Å². The van der Waals surface area contributed by atoms with Crippen molar-refractivity contribution in [2.75, 3.05) is 0 Å². The van der Waals surface area contributed by atoms with Crippen LogP contribution in [-0.4, -0.2) is 5.60 Å².